The first-order valence-electron chi connectivity index (χ1n) is 9.95. The smallest absolute Gasteiger partial charge is 0.274 e. The molecule has 0 atom stereocenters. The third kappa shape index (κ3) is 5.25. The highest BCUT2D eigenvalue weighted by Gasteiger charge is 2.18. The van der Waals surface area contributed by atoms with Gasteiger partial charge in [0.15, 0.2) is 15.9 Å². The van der Waals surface area contributed by atoms with E-state index in [1.54, 1.807) is 24.3 Å². The van der Waals surface area contributed by atoms with E-state index in [4.69, 9.17) is 16.3 Å². The van der Waals surface area contributed by atoms with Crippen LogP contribution in [0.15, 0.2) is 40.8 Å². The maximum Gasteiger partial charge on any atom is 0.274 e. The first-order chi connectivity index (χ1) is 15.4. The summed E-state index contributed by atoms with van der Waals surface area (Å²) in [5.41, 5.74) is 0.763. The second-order valence-corrected chi connectivity index (χ2v) is 8.93. The molecule has 11 heteroatoms. The number of benzene rings is 1. The molecule has 1 amide bonds. The highest BCUT2D eigenvalue weighted by molar-refractivity contribution is 7.99. The average Bonchev–Trinajstić information content (AvgIpc) is 3.19. The molecule has 0 saturated carbocycles. The number of rotatable bonds is 10. The second-order valence-electron chi connectivity index (χ2n) is 6.61. The molecule has 0 unspecified atom stereocenters. The van der Waals surface area contributed by atoms with Crippen LogP contribution in [-0.2, 0) is 11.3 Å². The highest BCUT2D eigenvalue weighted by atomic mass is 35.5. The van der Waals surface area contributed by atoms with Gasteiger partial charge in [0.1, 0.15) is 10.4 Å². The summed E-state index contributed by atoms with van der Waals surface area (Å²) >= 11 is 8.61. The Morgan fingerprint density at radius 2 is 2.12 bits per heavy atom. The minimum atomic E-state index is -0.252. The zero-order chi connectivity index (χ0) is 23.3. The Balaban J connectivity index is 1.83. The summed E-state index contributed by atoms with van der Waals surface area (Å²) in [5, 5.41) is 4.37. The number of anilines is 2. The number of halogens is 1. The molecule has 8 nitrogen and oxygen atoms in total. The van der Waals surface area contributed by atoms with E-state index in [0.717, 1.165) is 18.2 Å². The van der Waals surface area contributed by atoms with Crippen LogP contribution in [0.5, 0.6) is 5.75 Å². The molecule has 0 radical (unpaired) electrons. The lowest BCUT2D eigenvalue weighted by Crippen LogP contribution is -2.23. The summed E-state index contributed by atoms with van der Waals surface area (Å²) in [6.45, 7) is 9.67. The van der Waals surface area contributed by atoms with E-state index in [0.29, 0.717) is 32.0 Å². The van der Waals surface area contributed by atoms with Crippen LogP contribution >= 0.6 is 34.7 Å². The van der Waals surface area contributed by atoms with Crippen molar-refractivity contribution in [3.8, 4) is 5.75 Å². The summed E-state index contributed by atoms with van der Waals surface area (Å²) in [5.74, 6) is 0.335. The Labute approximate surface area is 199 Å². The Kier molecular flexibility index (Phi) is 8.16. The van der Waals surface area contributed by atoms with Crippen LogP contribution in [0, 0.1) is 0 Å². The molecular weight excluding hydrogens is 470 g/mol. The standard InChI is InChI=1S/C21H24ClN5O3S2/c1-5-10-27-19(29)17-18(24-20(32-17)26(6-2)7-3)25-21(27)31-12-16(28)23-13-8-9-15(30-4)14(22)11-13/h5,8-9,11H,1,6-7,10,12H2,2-4H3,(H,23,28). The quantitative estimate of drug-likeness (QED) is 0.256. The van der Waals surface area contributed by atoms with Crippen LogP contribution in [0.3, 0.4) is 0 Å². The van der Waals surface area contributed by atoms with Gasteiger partial charge in [0.25, 0.3) is 5.56 Å². The lowest BCUT2D eigenvalue weighted by molar-refractivity contribution is -0.113. The zero-order valence-electron chi connectivity index (χ0n) is 18.1. The van der Waals surface area contributed by atoms with Crippen molar-refractivity contribution in [3.05, 3.63) is 46.2 Å². The number of hydrogen-bond acceptors (Lipinski definition) is 8. The van der Waals surface area contributed by atoms with Gasteiger partial charge in [-0.25, -0.2) is 4.98 Å². The van der Waals surface area contributed by atoms with Crippen molar-refractivity contribution in [2.45, 2.75) is 25.5 Å². The number of carbonyl (C=O) groups excluding carboxylic acids is 1. The maximum absolute atomic E-state index is 13.1. The number of ether oxygens (including phenoxy) is 1. The molecule has 170 valence electrons. The van der Waals surface area contributed by atoms with Crippen LogP contribution in [0.4, 0.5) is 10.8 Å². The molecule has 0 aliphatic carbocycles. The number of thioether (sulfide) groups is 1. The summed E-state index contributed by atoms with van der Waals surface area (Å²) in [6.07, 6.45) is 1.63. The summed E-state index contributed by atoms with van der Waals surface area (Å²) in [7, 11) is 1.52. The van der Waals surface area contributed by atoms with Crippen molar-refractivity contribution in [1.29, 1.82) is 0 Å². The fraction of sp³-hybridized carbons (Fsp3) is 0.333. The molecule has 3 rings (SSSR count). The van der Waals surface area contributed by atoms with E-state index < -0.39 is 0 Å². The predicted octanol–water partition coefficient (Wildman–Crippen LogP) is 4.28. The van der Waals surface area contributed by atoms with Gasteiger partial charge in [0.05, 0.1) is 17.9 Å². The molecule has 0 aliphatic heterocycles. The number of thiazole rings is 1. The fourth-order valence-electron chi connectivity index (χ4n) is 2.98. The number of allylic oxidation sites excluding steroid dienone is 1. The minimum Gasteiger partial charge on any atom is -0.495 e. The molecule has 32 heavy (non-hydrogen) atoms. The van der Waals surface area contributed by atoms with Gasteiger partial charge in [-0.2, -0.15) is 4.98 Å². The molecule has 2 aromatic heterocycles. The van der Waals surface area contributed by atoms with Gasteiger partial charge in [-0.1, -0.05) is 40.8 Å². The van der Waals surface area contributed by atoms with Crippen molar-refractivity contribution in [3.63, 3.8) is 0 Å². The lowest BCUT2D eigenvalue weighted by Gasteiger charge is -2.15. The number of aromatic nitrogens is 3. The molecule has 0 fully saturated rings. The van der Waals surface area contributed by atoms with Crippen molar-refractivity contribution in [1.82, 2.24) is 14.5 Å². The van der Waals surface area contributed by atoms with Gasteiger partial charge in [-0.05, 0) is 32.0 Å². The number of nitrogens with one attached hydrogen (secondary N) is 1. The number of methoxy groups -OCH3 is 1. The van der Waals surface area contributed by atoms with Crippen molar-refractivity contribution in [2.75, 3.05) is 36.2 Å². The molecule has 2 heterocycles. The van der Waals surface area contributed by atoms with E-state index >= 15 is 0 Å². The third-order valence-corrected chi connectivity index (χ3v) is 6.95. The van der Waals surface area contributed by atoms with Gasteiger partial charge in [-0.3, -0.25) is 14.2 Å². The first kappa shape index (κ1) is 24.1. The van der Waals surface area contributed by atoms with Crippen LogP contribution in [0.25, 0.3) is 10.3 Å². The van der Waals surface area contributed by atoms with E-state index in [-0.39, 0.29) is 23.8 Å². The fourth-order valence-corrected chi connectivity index (χ4v) is 5.11. The molecule has 0 saturated heterocycles. The van der Waals surface area contributed by atoms with Crippen molar-refractivity contribution < 1.29 is 9.53 Å². The van der Waals surface area contributed by atoms with E-state index in [2.05, 4.69) is 26.8 Å². The van der Waals surface area contributed by atoms with Crippen LogP contribution in [-0.4, -0.2) is 46.4 Å². The Hall–Kier alpha value is -2.56. The van der Waals surface area contributed by atoms with Crippen LogP contribution < -0.4 is 20.5 Å². The van der Waals surface area contributed by atoms with Gasteiger partial charge >= 0.3 is 0 Å². The number of hydrogen-bond donors (Lipinski definition) is 1. The normalized spacial score (nSPS) is 10.9. The molecule has 1 aromatic carbocycles. The van der Waals surface area contributed by atoms with E-state index in [1.807, 2.05) is 13.8 Å². The number of carbonyl (C=O) groups is 1. The number of fused-ring (bicyclic) bond motifs is 1. The zero-order valence-corrected chi connectivity index (χ0v) is 20.4. The summed E-state index contributed by atoms with van der Waals surface area (Å²) in [6, 6.07) is 5.00. The second kappa shape index (κ2) is 10.8. The molecule has 0 aliphatic rings. The predicted molar refractivity (Wildman–Crippen MR) is 133 cm³/mol. The van der Waals surface area contributed by atoms with Gasteiger partial charge < -0.3 is 15.0 Å². The number of nitrogens with zero attached hydrogens (tertiary/aromatic N) is 4. The monoisotopic (exact) mass is 493 g/mol. The third-order valence-electron chi connectivity index (χ3n) is 4.58. The molecule has 3 aromatic rings. The molecule has 0 bridgehead atoms. The van der Waals surface area contributed by atoms with Gasteiger partial charge in [-0.15, -0.1) is 6.58 Å². The summed E-state index contributed by atoms with van der Waals surface area (Å²) in [4.78, 5) is 36.8. The van der Waals surface area contributed by atoms with E-state index in [9.17, 15) is 9.59 Å². The largest absolute Gasteiger partial charge is 0.495 e. The Morgan fingerprint density at radius 3 is 2.75 bits per heavy atom. The van der Waals surface area contributed by atoms with Gasteiger partial charge in [0, 0.05) is 25.3 Å². The highest BCUT2D eigenvalue weighted by Crippen LogP contribution is 2.29. The van der Waals surface area contributed by atoms with Crippen LogP contribution in [0.2, 0.25) is 5.02 Å². The lowest BCUT2D eigenvalue weighted by atomic mass is 10.3. The van der Waals surface area contributed by atoms with Crippen molar-refractivity contribution in [2.24, 2.45) is 0 Å². The SMILES string of the molecule is C=CCn1c(SCC(=O)Nc2ccc(OC)c(Cl)c2)nc2nc(N(CC)CC)sc2c1=O. The molecular formula is C21H24ClN5O3S2. The van der Waals surface area contributed by atoms with E-state index in [1.165, 1.54) is 34.8 Å². The average molecular weight is 494 g/mol. The maximum atomic E-state index is 13.1. The Bertz CT molecular complexity index is 1190. The Morgan fingerprint density at radius 1 is 1.38 bits per heavy atom. The summed E-state index contributed by atoms with van der Waals surface area (Å²) < 4.78 is 7.13. The van der Waals surface area contributed by atoms with Gasteiger partial charge in [0.2, 0.25) is 5.91 Å². The minimum absolute atomic E-state index is 0.0613. The molecule has 1 N–H and O–H groups in total. The van der Waals surface area contributed by atoms with Crippen molar-refractivity contribution >= 4 is 61.8 Å². The molecule has 0 spiro atoms. The first-order valence-corrected chi connectivity index (χ1v) is 12.1. The number of amides is 1. The van der Waals surface area contributed by atoms with Crippen LogP contribution in [0.1, 0.15) is 13.8 Å². The topological polar surface area (TPSA) is 89.3 Å².